The van der Waals surface area contributed by atoms with Crippen LogP contribution in [0.25, 0.3) is 5.69 Å². The van der Waals surface area contributed by atoms with Gasteiger partial charge >= 0.3 is 0 Å². The number of anilines is 1. The van der Waals surface area contributed by atoms with Gasteiger partial charge in [0.2, 0.25) is 11.1 Å². The van der Waals surface area contributed by atoms with E-state index in [1.165, 1.54) is 17.3 Å². The summed E-state index contributed by atoms with van der Waals surface area (Å²) in [4.78, 5) is 15.2. The average Bonchev–Trinajstić information content (AvgIpc) is 3.26. The number of aromatic nitrogens is 4. The molecule has 0 bridgehead atoms. The van der Waals surface area contributed by atoms with Crippen molar-refractivity contribution in [1.82, 2.24) is 20.2 Å². The largest absolute Gasteiger partial charge is 0.308 e. The molecule has 1 aromatic heterocycles. The van der Waals surface area contributed by atoms with Crippen molar-refractivity contribution in [3.63, 3.8) is 0 Å². The maximum absolute atomic E-state index is 13.2. The van der Waals surface area contributed by atoms with Crippen LogP contribution >= 0.6 is 11.8 Å². The normalized spacial score (nSPS) is 16.9. The number of hydrogen-bond donors (Lipinski definition) is 0. The third-order valence-corrected chi connectivity index (χ3v) is 6.13. The van der Waals surface area contributed by atoms with Gasteiger partial charge in [0.05, 0.1) is 10.9 Å². The lowest BCUT2D eigenvalue weighted by molar-refractivity contribution is -0.118. The lowest BCUT2D eigenvalue weighted by Gasteiger charge is -2.25. The van der Waals surface area contributed by atoms with Gasteiger partial charge in [-0.15, -0.1) is 5.10 Å². The Morgan fingerprint density at radius 3 is 2.79 bits per heavy atom. The van der Waals surface area contributed by atoms with E-state index in [9.17, 15) is 4.79 Å². The molecule has 2 heterocycles. The molecule has 6 nitrogen and oxygen atoms in total. The Labute approximate surface area is 168 Å². The standard InChI is InChI=1S/C21H23N5OS/c1-13-9-10-14(2)19(11-13)26-21(22-23-24-26)28-16(4)20(27)25-15(3)12-17-7-5-6-8-18(17)25/h5-11,15-16H,12H2,1-4H3/t15-,16-/m1/s1. The number of fused-ring (bicyclic) bond motifs is 1. The quantitative estimate of drug-likeness (QED) is 0.632. The van der Waals surface area contributed by atoms with Gasteiger partial charge in [-0.05, 0) is 73.4 Å². The molecule has 1 aliphatic heterocycles. The van der Waals surface area contributed by atoms with Crippen molar-refractivity contribution in [2.24, 2.45) is 0 Å². The zero-order chi connectivity index (χ0) is 19.8. The first kappa shape index (κ1) is 18.7. The molecule has 0 saturated carbocycles. The van der Waals surface area contributed by atoms with Gasteiger partial charge in [-0.3, -0.25) is 4.79 Å². The summed E-state index contributed by atoms with van der Waals surface area (Å²) in [6, 6.07) is 14.5. The molecule has 0 saturated heterocycles. The molecule has 144 valence electrons. The lowest BCUT2D eigenvalue weighted by Crippen LogP contribution is -2.40. The van der Waals surface area contributed by atoms with Gasteiger partial charge in [-0.1, -0.05) is 42.1 Å². The Balaban J connectivity index is 1.59. The highest BCUT2D eigenvalue weighted by Crippen LogP contribution is 2.34. The predicted molar refractivity (Wildman–Crippen MR) is 111 cm³/mol. The highest BCUT2D eigenvalue weighted by atomic mass is 32.2. The molecule has 2 aromatic carbocycles. The topological polar surface area (TPSA) is 63.9 Å². The van der Waals surface area contributed by atoms with Gasteiger partial charge in [0.25, 0.3) is 0 Å². The third kappa shape index (κ3) is 3.30. The molecule has 0 N–H and O–H groups in total. The fraction of sp³-hybridized carbons (Fsp3) is 0.333. The maximum Gasteiger partial charge on any atom is 0.240 e. The summed E-state index contributed by atoms with van der Waals surface area (Å²) in [5, 5.41) is 12.5. The molecule has 7 heteroatoms. The highest BCUT2D eigenvalue weighted by Gasteiger charge is 2.34. The second kappa shape index (κ2) is 7.39. The number of carbonyl (C=O) groups excluding carboxylic acids is 1. The molecule has 28 heavy (non-hydrogen) atoms. The van der Waals surface area contributed by atoms with Crippen molar-refractivity contribution in [2.75, 3.05) is 4.90 Å². The number of para-hydroxylation sites is 1. The zero-order valence-corrected chi connectivity index (χ0v) is 17.3. The molecule has 0 unspecified atom stereocenters. The minimum Gasteiger partial charge on any atom is -0.308 e. The Bertz CT molecular complexity index is 1030. The molecule has 1 aliphatic rings. The van der Waals surface area contributed by atoms with E-state index in [0.717, 1.165) is 28.9 Å². The van der Waals surface area contributed by atoms with Crippen LogP contribution < -0.4 is 4.90 Å². The monoisotopic (exact) mass is 393 g/mol. The van der Waals surface area contributed by atoms with Crippen LogP contribution in [-0.2, 0) is 11.2 Å². The van der Waals surface area contributed by atoms with E-state index in [2.05, 4.69) is 46.7 Å². The summed E-state index contributed by atoms with van der Waals surface area (Å²) in [6.07, 6.45) is 0.888. The number of aryl methyl sites for hydroxylation is 2. The summed E-state index contributed by atoms with van der Waals surface area (Å²) in [7, 11) is 0. The van der Waals surface area contributed by atoms with Crippen molar-refractivity contribution in [2.45, 2.75) is 50.6 Å². The van der Waals surface area contributed by atoms with Gasteiger partial charge in [-0.25, -0.2) is 0 Å². The number of hydrogen-bond acceptors (Lipinski definition) is 5. The number of carbonyl (C=O) groups is 1. The van der Waals surface area contributed by atoms with Crippen molar-refractivity contribution in [3.05, 3.63) is 59.2 Å². The molecule has 0 aliphatic carbocycles. The Morgan fingerprint density at radius 1 is 1.18 bits per heavy atom. The molecule has 3 aromatic rings. The number of nitrogens with zero attached hydrogens (tertiary/aromatic N) is 5. The third-order valence-electron chi connectivity index (χ3n) is 5.11. The first-order valence-electron chi connectivity index (χ1n) is 9.39. The molecule has 0 radical (unpaired) electrons. The number of rotatable bonds is 4. The Hall–Kier alpha value is -2.67. The van der Waals surface area contributed by atoms with Crippen molar-refractivity contribution >= 4 is 23.4 Å². The molecule has 1 amide bonds. The van der Waals surface area contributed by atoms with E-state index in [1.807, 2.05) is 43.9 Å². The van der Waals surface area contributed by atoms with Gasteiger partial charge in [0.1, 0.15) is 0 Å². The fourth-order valence-electron chi connectivity index (χ4n) is 3.66. The van der Waals surface area contributed by atoms with E-state index >= 15 is 0 Å². The number of tetrazole rings is 1. The highest BCUT2D eigenvalue weighted by molar-refractivity contribution is 8.00. The fourth-order valence-corrected chi connectivity index (χ4v) is 4.51. The van der Waals surface area contributed by atoms with Crippen LogP contribution in [0.2, 0.25) is 0 Å². The van der Waals surface area contributed by atoms with Crippen LogP contribution in [0.15, 0.2) is 47.6 Å². The van der Waals surface area contributed by atoms with Crippen LogP contribution in [0, 0.1) is 13.8 Å². The smallest absolute Gasteiger partial charge is 0.240 e. The Kier molecular flexibility index (Phi) is 4.93. The van der Waals surface area contributed by atoms with Crippen LogP contribution in [0.3, 0.4) is 0 Å². The van der Waals surface area contributed by atoms with Gasteiger partial charge in [0, 0.05) is 11.7 Å². The summed E-state index contributed by atoms with van der Waals surface area (Å²) < 4.78 is 1.72. The van der Waals surface area contributed by atoms with Gasteiger partial charge < -0.3 is 4.90 Å². The SMILES string of the molecule is Cc1ccc(C)c(-n2nnnc2S[C@H](C)C(=O)N2c3ccccc3C[C@H]2C)c1. The van der Waals surface area contributed by atoms with E-state index < -0.39 is 0 Å². The van der Waals surface area contributed by atoms with Crippen molar-refractivity contribution < 1.29 is 4.79 Å². The van der Waals surface area contributed by atoms with Crippen molar-refractivity contribution in [3.8, 4) is 5.69 Å². The van der Waals surface area contributed by atoms with E-state index in [-0.39, 0.29) is 17.2 Å². The maximum atomic E-state index is 13.2. The van der Waals surface area contributed by atoms with Gasteiger partial charge in [-0.2, -0.15) is 4.68 Å². The molecular weight excluding hydrogens is 370 g/mol. The van der Waals surface area contributed by atoms with Crippen LogP contribution in [0.5, 0.6) is 0 Å². The lowest BCUT2D eigenvalue weighted by atomic mass is 10.1. The van der Waals surface area contributed by atoms with Gasteiger partial charge in [0.15, 0.2) is 0 Å². The van der Waals surface area contributed by atoms with Crippen LogP contribution in [-0.4, -0.2) is 37.4 Å². The number of thioether (sulfide) groups is 1. The molecule has 2 atom stereocenters. The minimum absolute atomic E-state index is 0.0814. The first-order chi connectivity index (χ1) is 13.5. The Morgan fingerprint density at radius 2 is 1.96 bits per heavy atom. The van der Waals surface area contributed by atoms with Crippen LogP contribution in [0.4, 0.5) is 5.69 Å². The average molecular weight is 394 g/mol. The predicted octanol–water partition coefficient (Wildman–Crippen LogP) is 3.74. The van der Waals surface area contributed by atoms with E-state index in [0.29, 0.717) is 5.16 Å². The zero-order valence-electron chi connectivity index (χ0n) is 16.5. The summed E-state index contributed by atoms with van der Waals surface area (Å²) >= 11 is 1.39. The first-order valence-corrected chi connectivity index (χ1v) is 10.3. The summed E-state index contributed by atoms with van der Waals surface area (Å²) in [5.74, 6) is 0.0814. The van der Waals surface area contributed by atoms with E-state index in [4.69, 9.17) is 0 Å². The minimum atomic E-state index is -0.302. The molecular formula is C21H23N5OS. The number of benzene rings is 2. The summed E-state index contributed by atoms with van der Waals surface area (Å²) in [6.45, 7) is 8.08. The van der Waals surface area contributed by atoms with E-state index in [1.54, 1.807) is 4.68 Å². The molecule has 0 fully saturated rings. The second-order valence-corrected chi connectivity index (χ2v) is 8.62. The molecule has 4 rings (SSSR count). The van der Waals surface area contributed by atoms with Crippen LogP contribution in [0.1, 0.15) is 30.5 Å². The molecule has 0 spiro atoms. The number of amides is 1. The van der Waals surface area contributed by atoms with Crippen molar-refractivity contribution in [1.29, 1.82) is 0 Å². The summed E-state index contributed by atoms with van der Waals surface area (Å²) in [5.41, 5.74) is 5.40. The second-order valence-electron chi connectivity index (χ2n) is 7.31.